The number of carbonyl (C=O) groups excluding carboxylic acids is 2. The molecule has 9 heteroatoms. The molecule has 1 fully saturated rings. The lowest BCUT2D eigenvalue weighted by Gasteiger charge is -2.27. The molecule has 24 heavy (non-hydrogen) atoms. The van der Waals surface area contributed by atoms with E-state index in [9.17, 15) is 9.59 Å². The van der Waals surface area contributed by atoms with Gasteiger partial charge in [0.25, 0.3) is 5.91 Å². The van der Waals surface area contributed by atoms with E-state index in [-0.39, 0.29) is 18.2 Å². The molecule has 1 aromatic rings. The summed E-state index contributed by atoms with van der Waals surface area (Å²) in [4.78, 5) is 30.4. The Morgan fingerprint density at radius 2 is 2.08 bits per heavy atom. The van der Waals surface area contributed by atoms with E-state index in [1.54, 1.807) is 18.2 Å². The van der Waals surface area contributed by atoms with E-state index < -0.39 is 6.04 Å². The van der Waals surface area contributed by atoms with Gasteiger partial charge in [0.2, 0.25) is 11.9 Å². The lowest BCUT2D eigenvalue weighted by atomic mass is 10.2. The Morgan fingerprint density at radius 1 is 1.33 bits per heavy atom. The van der Waals surface area contributed by atoms with Crippen molar-refractivity contribution < 1.29 is 14.3 Å². The van der Waals surface area contributed by atoms with Crippen LogP contribution >= 0.6 is 23.2 Å². The van der Waals surface area contributed by atoms with Crippen molar-refractivity contribution in [3.63, 3.8) is 0 Å². The van der Waals surface area contributed by atoms with Crippen LogP contribution in [0.5, 0.6) is 0 Å². The Balaban J connectivity index is 1.60. The zero-order valence-electron chi connectivity index (χ0n) is 12.7. The molecule has 2 heterocycles. The van der Waals surface area contributed by atoms with E-state index in [0.29, 0.717) is 48.0 Å². The summed E-state index contributed by atoms with van der Waals surface area (Å²) < 4.78 is 5.27. The Bertz CT molecular complexity index is 689. The van der Waals surface area contributed by atoms with Crippen molar-refractivity contribution in [1.82, 2.24) is 10.2 Å². The van der Waals surface area contributed by atoms with Crippen LogP contribution in [0.2, 0.25) is 10.0 Å². The van der Waals surface area contributed by atoms with Crippen LogP contribution in [0.25, 0.3) is 0 Å². The smallest absolute Gasteiger partial charge is 0.252 e. The van der Waals surface area contributed by atoms with E-state index in [2.05, 4.69) is 15.6 Å². The summed E-state index contributed by atoms with van der Waals surface area (Å²) >= 11 is 11.7. The number of nitrogens with zero attached hydrogens (tertiary/aromatic N) is 2. The molecule has 2 aliphatic rings. The van der Waals surface area contributed by atoms with E-state index >= 15 is 0 Å². The molecule has 0 aliphatic carbocycles. The Morgan fingerprint density at radius 3 is 2.79 bits per heavy atom. The van der Waals surface area contributed by atoms with E-state index in [0.717, 1.165) is 0 Å². The Kier molecular flexibility index (Phi) is 5.23. The summed E-state index contributed by atoms with van der Waals surface area (Å²) in [5, 5.41) is 6.16. The largest absolute Gasteiger partial charge is 0.378 e. The number of nitrogens with one attached hydrogen (secondary N) is 2. The van der Waals surface area contributed by atoms with Crippen molar-refractivity contribution in [2.45, 2.75) is 12.5 Å². The van der Waals surface area contributed by atoms with Gasteiger partial charge in [0, 0.05) is 18.8 Å². The molecular formula is C15H16Cl2N4O3. The monoisotopic (exact) mass is 370 g/mol. The number of anilines is 1. The van der Waals surface area contributed by atoms with Crippen molar-refractivity contribution in [3.8, 4) is 0 Å². The van der Waals surface area contributed by atoms with Gasteiger partial charge in [-0.1, -0.05) is 23.2 Å². The molecule has 7 nitrogen and oxygen atoms in total. The molecule has 1 saturated heterocycles. The number of hydrogen-bond donors (Lipinski definition) is 2. The number of amides is 2. The molecule has 3 rings (SSSR count). The number of halogens is 2. The van der Waals surface area contributed by atoms with Gasteiger partial charge in [-0.3, -0.25) is 14.9 Å². The van der Waals surface area contributed by atoms with Crippen LogP contribution in [-0.4, -0.2) is 55.0 Å². The van der Waals surface area contributed by atoms with Gasteiger partial charge >= 0.3 is 0 Å². The normalized spacial score (nSPS) is 20.6. The highest BCUT2D eigenvalue weighted by molar-refractivity contribution is 6.42. The van der Waals surface area contributed by atoms with Crippen LogP contribution in [-0.2, 0) is 14.3 Å². The summed E-state index contributed by atoms with van der Waals surface area (Å²) in [6.45, 7) is 2.53. The van der Waals surface area contributed by atoms with Gasteiger partial charge in [0.1, 0.15) is 6.04 Å². The first-order valence-electron chi connectivity index (χ1n) is 7.49. The minimum Gasteiger partial charge on any atom is -0.378 e. The first-order chi connectivity index (χ1) is 11.5. The van der Waals surface area contributed by atoms with Gasteiger partial charge in [-0.2, -0.15) is 0 Å². The number of ether oxygens (including phenoxy) is 1. The fraction of sp³-hybridized carbons (Fsp3) is 0.400. The molecule has 0 bridgehead atoms. The lowest BCUT2D eigenvalue weighted by Crippen LogP contribution is -2.46. The molecule has 0 spiro atoms. The molecule has 2 aliphatic heterocycles. The minimum absolute atomic E-state index is 0.0417. The van der Waals surface area contributed by atoms with Crippen LogP contribution in [0.15, 0.2) is 23.2 Å². The summed E-state index contributed by atoms with van der Waals surface area (Å²) in [6, 6.07) is 4.06. The molecule has 0 saturated carbocycles. The van der Waals surface area contributed by atoms with Crippen molar-refractivity contribution in [2.24, 2.45) is 4.99 Å². The summed E-state index contributed by atoms with van der Waals surface area (Å²) in [5.41, 5.74) is 0.519. The van der Waals surface area contributed by atoms with Crippen LogP contribution in [0.3, 0.4) is 0 Å². The van der Waals surface area contributed by atoms with Crippen LogP contribution in [0.4, 0.5) is 5.69 Å². The van der Waals surface area contributed by atoms with Crippen LogP contribution in [0.1, 0.15) is 6.42 Å². The fourth-order valence-electron chi connectivity index (χ4n) is 2.47. The maximum Gasteiger partial charge on any atom is 0.252 e. The highest BCUT2D eigenvalue weighted by Gasteiger charge is 2.31. The molecule has 0 unspecified atom stereocenters. The average molecular weight is 371 g/mol. The number of rotatable bonds is 3. The Hall–Kier alpha value is -1.83. The van der Waals surface area contributed by atoms with Crippen LogP contribution in [0, 0.1) is 0 Å². The highest BCUT2D eigenvalue weighted by Crippen LogP contribution is 2.25. The van der Waals surface area contributed by atoms with Gasteiger partial charge in [-0.25, -0.2) is 4.99 Å². The van der Waals surface area contributed by atoms with Gasteiger partial charge < -0.3 is 15.0 Å². The van der Waals surface area contributed by atoms with Gasteiger partial charge in [0.05, 0.1) is 29.7 Å². The quantitative estimate of drug-likeness (QED) is 0.844. The molecule has 128 valence electrons. The predicted octanol–water partition coefficient (Wildman–Crippen LogP) is 1.51. The standard InChI is InChI=1S/C15H16Cl2N4O3/c16-10-2-1-9(7-11(10)17)18-13(22)8-12-14(23)20-15(19-12)21-3-5-24-6-4-21/h1-2,7,12H,3-6,8H2,(H,18,22)(H,19,20,23)/t12-/m1/s1. The third kappa shape index (κ3) is 3.98. The highest BCUT2D eigenvalue weighted by atomic mass is 35.5. The van der Waals surface area contributed by atoms with Gasteiger partial charge in [-0.15, -0.1) is 0 Å². The number of guanidine groups is 1. The number of carbonyl (C=O) groups is 2. The maximum absolute atomic E-state index is 12.1. The van der Waals surface area contributed by atoms with Crippen molar-refractivity contribution >= 4 is 46.7 Å². The average Bonchev–Trinajstić information content (AvgIpc) is 2.93. The van der Waals surface area contributed by atoms with Crippen molar-refractivity contribution in [2.75, 3.05) is 31.6 Å². The molecular weight excluding hydrogens is 355 g/mol. The number of hydrogen-bond acceptors (Lipinski definition) is 5. The summed E-state index contributed by atoms with van der Waals surface area (Å²) in [6.07, 6.45) is -0.0417. The number of benzene rings is 1. The third-order valence-corrected chi connectivity index (χ3v) is 4.45. The molecule has 1 aromatic carbocycles. The van der Waals surface area contributed by atoms with Crippen molar-refractivity contribution in [1.29, 1.82) is 0 Å². The molecule has 2 N–H and O–H groups in total. The fourth-order valence-corrected chi connectivity index (χ4v) is 2.77. The molecule has 0 aromatic heterocycles. The molecule has 2 amide bonds. The predicted molar refractivity (Wildman–Crippen MR) is 91.5 cm³/mol. The zero-order chi connectivity index (χ0) is 17.1. The minimum atomic E-state index is -0.731. The topological polar surface area (TPSA) is 83.0 Å². The SMILES string of the molecule is O=C(C[C@H]1N=C(N2CCOCC2)NC1=O)Nc1ccc(Cl)c(Cl)c1. The maximum atomic E-state index is 12.1. The second-order valence-electron chi connectivity index (χ2n) is 5.44. The van der Waals surface area contributed by atoms with Crippen LogP contribution < -0.4 is 10.6 Å². The summed E-state index contributed by atoms with van der Waals surface area (Å²) in [5.74, 6) is -0.0862. The third-order valence-electron chi connectivity index (χ3n) is 3.71. The first kappa shape index (κ1) is 17.0. The van der Waals surface area contributed by atoms with Gasteiger partial charge in [-0.05, 0) is 18.2 Å². The zero-order valence-corrected chi connectivity index (χ0v) is 14.2. The van der Waals surface area contributed by atoms with E-state index in [4.69, 9.17) is 27.9 Å². The van der Waals surface area contributed by atoms with Crippen molar-refractivity contribution in [3.05, 3.63) is 28.2 Å². The first-order valence-corrected chi connectivity index (χ1v) is 8.25. The molecule has 1 atom stereocenters. The number of morpholine rings is 1. The van der Waals surface area contributed by atoms with E-state index in [1.807, 2.05) is 4.90 Å². The number of aliphatic imine (C=N–C) groups is 1. The lowest BCUT2D eigenvalue weighted by molar-refractivity contribution is -0.124. The Labute approximate surface area is 149 Å². The summed E-state index contributed by atoms with van der Waals surface area (Å²) in [7, 11) is 0. The molecule has 0 radical (unpaired) electrons. The second kappa shape index (κ2) is 7.38. The van der Waals surface area contributed by atoms with E-state index in [1.165, 1.54) is 0 Å². The van der Waals surface area contributed by atoms with Gasteiger partial charge in [0.15, 0.2) is 0 Å². The second-order valence-corrected chi connectivity index (χ2v) is 6.25.